The molecule has 0 radical (unpaired) electrons. The molecule has 5 heteroatoms. The molecule has 0 spiro atoms. The van der Waals surface area contributed by atoms with Crippen LogP contribution in [0.25, 0.3) is 10.8 Å². The number of rotatable bonds is 3. The van der Waals surface area contributed by atoms with E-state index in [2.05, 4.69) is 22.5 Å². The van der Waals surface area contributed by atoms with Crippen molar-refractivity contribution >= 4 is 28.5 Å². The monoisotopic (exact) mass is 282 g/mol. The zero-order valence-corrected chi connectivity index (χ0v) is 11.4. The van der Waals surface area contributed by atoms with Crippen LogP contribution < -0.4 is 10.6 Å². The summed E-state index contributed by atoms with van der Waals surface area (Å²) in [5.41, 5.74) is 0.300. The molecule has 0 atom stereocenters. The Morgan fingerprint density at radius 1 is 1.19 bits per heavy atom. The molecule has 0 saturated carbocycles. The lowest BCUT2D eigenvalue weighted by atomic mass is 10.0. The van der Waals surface area contributed by atoms with Gasteiger partial charge < -0.3 is 15.7 Å². The third-order valence-electron chi connectivity index (χ3n) is 2.88. The maximum Gasteiger partial charge on any atom is 0.337 e. The Balaban J connectivity index is 2.32. The quantitative estimate of drug-likeness (QED) is 0.757. The molecule has 0 aromatic heterocycles. The van der Waals surface area contributed by atoms with Crippen LogP contribution in [0.4, 0.5) is 10.5 Å². The molecule has 2 rings (SSSR count). The predicted molar refractivity (Wildman–Crippen MR) is 81.4 cm³/mol. The number of aromatic carboxylic acids is 1. The molecule has 2 amide bonds. The summed E-state index contributed by atoms with van der Waals surface area (Å²) in [6.45, 7) is 1.88. The first-order chi connectivity index (χ1) is 10.1. The van der Waals surface area contributed by atoms with Crippen molar-refractivity contribution in [1.82, 2.24) is 5.32 Å². The van der Waals surface area contributed by atoms with Gasteiger partial charge in [0.25, 0.3) is 0 Å². The van der Waals surface area contributed by atoms with E-state index in [1.807, 2.05) is 24.3 Å². The van der Waals surface area contributed by atoms with Crippen molar-refractivity contribution in [3.05, 3.63) is 42.0 Å². The van der Waals surface area contributed by atoms with Crippen molar-refractivity contribution in [1.29, 1.82) is 0 Å². The van der Waals surface area contributed by atoms with Crippen molar-refractivity contribution in [2.24, 2.45) is 0 Å². The van der Waals surface area contributed by atoms with E-state index in [1.54, 1.807) is 19.1 Å². The molecule has 0 aliphatic carbocycles. The van der Waals surface area contributed by atoms with Gasteiger partial charge in [-0.3, -0.25) is 0 Å². The number of hydrogen-bond acceptors (Lipinski definition) is 2. The second-order valence-corrected chi connectivity index (χ2v) is 4.28. The van der Waals surface area contributed by atoms with Crippen LogP contribution >= 0.6 is 0 Å². The van der Waals surface area contributed by atoms with Crippen molar-refractivity contribution in [2.45, 2.75) is 6.92 Å². The molecule has 2 aromatic rings. The summed E-state index contributed by atoms with van der Waals surface area (Å²) in [6, 6.07) is 10.1. The summed E-state index contributed by atoms with van der Waals surface area (Å²) in [6.07, 6.45) is 0. The van der Waals surface area contributed by atoms with Gasteiger partial charge >= 0.3 is 12.0 Å². The average Bonchev–Trinajstić information content (AvgIpc) is 2.46. The second-order valence-electron chi connectivity index (χ2n) is 4.28. The van der Waals surface area contributed by atoms with Crippen molar-refractivity contribution < 1.29 is 14.7 Å². The Morgan fingerprint density at radius 3 is 2.48 bits per heavy atom. The number of carboxylic acid groups (broad SMARTS) is 1. The summed E-state index contributed by atoms with van der Waals surface area (Å²) < 4.78 is 0. The number of carbonyl (C=O) groups is 2. The number of hydrogen-bond donors (Lipinski definition) is 3. The molecule has 0 fully saturated rings. The minimum Gasteiger partial charge on any atom is -0.478 e. The summed E-state index contributed by atoms with van der Waals surface area (Å²) in [7, 11) is 0. The zero-order chi connectivity index (χ0) is 15.2. The number of benzene rings is 2. The molecule has 3 N–H and O–H groups in total. The molecular weight excluding hydrogens is 268 g/mol. The average molecular weight is 282 g/mol. The van der Waals surface area contributed by atoms with Crippen molar-refractivity contribution in [3.8, 4) is 11.8 Å². The third kappa shape index (κ3) is 3.51. The van der Waals surface area contributed by atoms with Gasteiger partial charge in [0.2, 0.25) is 0 Å². The SMILES string of the molecule is CC#CCNC(=O)Nc1cc2ccccc2cc1C(=O)O. The highest BCUT2D eigenvalue weighted by Gasteiger charge is 2.13. The Bertz CT molecular complexity index is 757. The molecule has 0 heterocycles. The molecule has 0 aliphatic rings. The van der Waals surface area contributed by atoms with Crippen molar-refractivity contribution in [2.75, 3.05) is 11.9 Å². The molecule has 0 unspecified atom stereocenters. The second kappa shape index (κ2) is 6.44. The summed E-state index contributed by atoms with van der Waals surface area (Å²) in [5, 5.41) is 16.0. The van der Waals surface area contributed by atoms with E-state index in [0.717, 1.165) is 10.8 Å². The fourth-order valence-electron chi connectivity index (χ4n) is 1.90. The van der Waals surface area contributed by atoms with Gasteiger partial charge in [0.1, 0.15) is 0 Å². The first kappa shape index (κ1) is 14.4. The molecule has 0 bridgehead atoms. The van der Waals surface area contributed by atoms with Crippen LogP contribution in [0, 0.1) is 11.8 Å². The molecule has 106 valence electrons. The smallest absolute Gasteiger partial charge is 0.337 e. The lowest BCUT2D eigenvalue weighted by molar-refractivity contribution is 0.0698. The van der Waals surface area contributed by atoms with Crippen LogP contribution in [-0.2, 0) is 0 Å². The van der Waals surface area contributed by atoms with Gasteiger partial charge in [0.15, 0.2) is 0 Å². The first-order valence-corrected chi connectivity index (χ1v) is 6.32. The molecule has 0 saturated heterocycles. The van der Waals surface area contributed by atoms with E-state index in [1.165, 1.54) is 0 Å². The van der Waals surface area contributed by atoms with Gasteiger partial charge in [-0.05, 0) is 29.8 Å². The van der Waals surface area contributed by atoms with Crippen LogP contribution in [0.3, 0.4) is 0 Å². The Hall–Kier alpha value is -3.00. The number of nitrogens with one attached hydrogen (secondary N) is 2. The zero-order valence-electron chi connectivity index (χ0n) is 11.4. The van der Waals surface area contributed by atoms with E-state index < -0.39 is 12.0 Å². The predicted octanol–water partition coefficient (Wildman–Crippen LogP) is 2.68. The number of carboxylic acids is 1. The highest BCUT2D eigenvalue weighted by atomic mass is 16.4. The van der Waals surface area contributed by atoms with Crippen molar-refractivity contribution in [3.63, 3.8) is 0 Å². The highest BCUT2D eigenvalue weighted by molar-refractivity contribution is 6.04. The largest absolute Gasteiger partial charge is 0.478 e. The van der Waals surface area contributed by atoms with Gasteiger partial charge in [0, 0.05) is 0 Å². The summed E-state index contributed by atoms with van der Waals surface area (Å²) in [4.78, 5) is 23.0. The normalized spacial score (nSPS) is 9.57. The first-order valence-electron chi connectivity index (χ1n) is 6.32. The Labute approximate surface area is 122 Å². The topological polar surface area (TPSA) is 78.4 Å². The van der Waals surface area contributed by atoms with Crippen LogP contribution in [0.5, 0.6) is 0 Å². The maximum absolute atomic E-state index is 11.7. The molecule has 2 aromatic carbocycles. The maximum atomic E-state index is 11.7. The minimum atomic E-state index is -1.09. The Kier molecular flexibility index (Phi) is 4.42. The van der Waals surface area contributed by atoms with E-state index in [4.69, 9.17) is 0 Å². The standard InChI is InChI=1S/C16H14N2O3/c1-2-3-8-17-16(21)18-14-10-12-7-5-4-6-11(12)9-13(14)15(19)20/h4-7,9-10H,8H2,1H3,(H,19,20)(H2,17,18,21). The number of fused-ring (bicyclic) bond motifs is 1. The van der Waals surface area contributed by atoms with Crippen LogP contribution in [0.1, 0.15) is 17.3 Å². The lowest BCUT2D eigenvalue weighted by Crippen LogP contribution is -2.29. The van der Waals surface area contributed by atoms with Gasteiger partial charge in [-0.1, -0.05) is 30.2 Å². The fourth-order valence-corrected chi connectivity index (χ4v) is 1.90. The number of urea groups is 1. The highest BCUT2D eigenvalue weighted by Crippen LogP contribution is 2.24. The molecule has 5 nitrogen and oxygen atoms in total. The molecular formula is C16H14N2O3. The molecule has 21 heavy (non-hydrogen) atoms. The van der Waals surface area contributed by atoms with Crippen LogP contribution in [0.15, 0.2) is 36.4 Å². The lowest BCUT2D eigenvalue weighted by Gasteiger charge is -2.10. The van der Waals surface area contributed by atoms with Gasteiger partial charge in [-0.15, -0.1) is 5.92 Å². The number of anilines is 1. The number of amides is 2. The van der Waals surface area contributed by atoms with E-state index in [-0.39, 0.29) is 17.8 Å². The molecule has 0 aliphatic heterocycles. The van der Waals surface area contributed by atoms with Gasteiger partial charge in [-0.2, -0.15) is 0 Å². The summed E-state index contributed by atoms with van der Waals surface area (Å²) >= 11 is 0. The van der Waals surface area contributed by atoms with E-state index in [0.29, 0.717) is 0 Å². The van der Waals surface area contributed by atoms with Gasteiger partial charge in [-0.25, -0.2) is 9.59 Å². The van der Waals surface area contributed by atoms with E-state index in [9.17, 15) is 14.7 Å². The van der Waals surface area contributed by atoms with Crippen LogP contribution in [0.2, 0.25) is 0 Å². The van der Waals surface area contributed by atoms with Gasteiger partial charge in [0.05, 0.1) is 17.8 Å². The fraction of sp³-hybridized carbons (Fsp3) is 0.125. The van der Waals surface area contributed by atoms with E-state index >= 15 is 0 Å². The third-order valence-corrected chi connectivity index (χ3v) is 2.88. The Morgan fingerprint density at radius 2 is 1.86 bits per heavy atom. The minimum absolute atomic E-state index is 0.0467. The number of carbonyl (C=O) groups excluding carboxylic acids is 1. The van der Waals surface area contributed by atoms with Crippen LogP contribution in [-0.4, -0.2) is 23.7 Å². The summed E-state index contributed by atoms with van der Waals surface area (Å²) in [5.74, 6) is 4.25.